The summed E-state index contributed by atoms with van der Waals surface area (Å²) in [6, 6.07) is 0. The topological polar surface area (TPSA) is 79.3 Å². The van der Waals surface area contributed by atoms with Crippen molar-refractivity contribution in [2.45, 2.75) is 23.9 Å². The van der Waals surface area contributed by atoms with Gasteiger partial charge in [-0.3, -0.25) is 0 Å². The van der Waals surface area contributed by atoms with Crippen molar-refractivity contribution in [3.05, 3.63) is 12.2 Å². The Morgan fingerprint density at radius 1 is 1.62 bits per heavy atom. The van der Waals surface area contributed by atoms with E-state index in [0.717, 1.165) is 0 Å². The van der Waals surface area contributed by atoms with Crippen molar-refractivity contribution < 1.29 is 24.5 Å². The van der Waals surface area contributed by atoms with Crippen molar-refractivity contribution >= 4 is 5.97 Å². The zero-order valence-corrected chi connectivity index (χ0v) is 7.01. The van der Waals surface area contributed by atoms with Crippen LogP contribution in [0.1, 0.15) is 0 Å². The van der Waals surface area contributed by atoms with Crippen LogP contribution in [-0.2, 0) is 14.3 Å². The zero-order chi connectivity index (χ0) is 9.64. The van der Waals surface area contributed by atoms with E-state index in [0.29, 0.717) is 0 Å². The minimum Gasteiger partial charge on any atom is -0.467 e. The number of carbonyl (C=O) groups is 1. The van der Waals surface area contributed by atoms with Gasteiger partial charge in [-0.2, -0.15) is 0 Å². The molecule has 0 saturated carbocycles. The summed E-state index contributed by atoms with van der Waals surface area (Å²) in [5.74, 6) is -0.542. The molecule has 0 aromatic heterocycles. The molecule has 0 spiro atoms. The number of carbonyl (C=O) groups excluding carboxylic acids is 1. The number of aliphatic hydroxyl groups excluding tert-OH is 2. The Bertz CT molecular complexity index is 274. The average molecular weight is 186 g/mol. The number of hydrogen-bond donors (Lipinski definition) is 2. The van der Waals surface area contributed by atoms with E-state index < -0.39 is 29.9 Å². The lowest BCUT2D eigenvalue weighted by Crippen LogP contribution is -2.40. The Labute approximate surface area is 74.6 Å². The van der Waals surface area contributed by atoms with Gasteiger partial charge in [0.15, 0.2) is 0 Å². The number of aliphatic hydroxyl groups is 2. The highest BCUT2D eigenvalue weighted by molar-refractivity contribution is 5.86. The predicted molar refractivity (Wildman–Crippen MR) is 40.8 cm³/mol. The molecular formula is C8H10O5. The van der Waals surface area contributed by atoms with Crippen molar-refractivity contribution in [3.63, 3.8) is 0 Å². The van der Waals surface area contributed by atoms with E-state index in [2.05, 4.69) is 4.74 Å². The summed E-state index contributed by atoms with van der Waals surface area (Å²) in [6.45, 7) is 0. The molecule has 13 heavy (non-hydrogen) atoms. The maximum Gasteiger partial charge on any atom is 0.345 e. The number of rotatable bonds is 1. The van der Waals surface area contributed by atoms with E-state index in [-0.39, 0.29) is 0 Å². The zero-order valence-electron chi connectivity index (χ0n) is 7.01. The van der Waals surface area contributed by atoms with Crippen LogP contribution >= 0.6 is 0 Å². The number of fused-ring (bicyclic) bond motifs is 1. The second-order valence-electron chi connectivity index (χ2n) is 3.16. The van der Waals surface area contributed by atoms with Gasteiger partial charge in [0, 0.05) is 0 Å². The first-order chi connectivity index (χ1) is 6.12. The van der Waals surface area contributed by atoms with Crippen molar-refractivity contribution in [2.24, 2.45) is 0 Å². The second kappa shape index (κ2) is 2.54. The molecular weight excluding hydrogens is 176 g/mol. The molecule has 0 radical (unpaired) electrons. The van der Waals surface area contributed by atoms with Gasteiger partial charge in [0.2, 0.25) is 5.60 Å². The van der Waals surface area contributed by atoms with Crippen molar-refractivity contribution in [3.8, 4) is 0 Å². The van der Waals surface area contributed by atoms with Gasteiger partial charge in [0.1, 0.15) is 18.3 Å². The summed E-state index contributed by atoms with van der Waals surface area (Å²) in [4.78, 5) is 11.2. The van der Waals surface area contributed by atoms with E-state index >= 15 is 0 Å². The third-order valence-corrected chi connectivity index (χ3v) is 2.39. The van der Waals surface area contributed by atoms with Gasteiger partial charge < -0.3 is 19.7 Å². The summed E-state index contributed by atoms with van der Waals surface area (Å²) in [5.41, 5.74) is -1.15. The number of ether oxygens (including phenoxy) is 2. The summed E-state index contributed by atoms with van der Waals surface area (Å²) in [6.07, 6.45) is 0.0840. The first-order valence-electron chi connectivity index (χ1n) is 3.93. The van der Waals surface area contributed by atoms with Gasteiger partial charge >= 0.3 is 5.97 Å². The third-order valence-electron chi connectivity index (χ3n) is 2.39. The van der Waals surface area contributed by atoms with E-state index in [4.69, 9.17) is 4.74 Å². The average Bonchev–Trinajstić information content (AvgIpc) is 2.87. The molecule has 4 atom stereocenters. The molecule has 1 aliphatic carbocycles. The van der Waals surface area contributed by atoms with Gasteiger partial charge in [0.05, 0.1) is 7.11 Å². The SMILES string of the molecule is COC(=O)[C@@]12C=C[C@H](O)[C@H](O)[C@@H]1O2. The molecule has 1 fully saturated rings. The largest absolute Gasteiger partial charge is 0.467 e. The predicted octanol–water partition coefficient (Wildman–Crippen LogP) is -1.41. The second-order valence-corrected chi connectivity index (χ2v) is 3.16. The quantitative estimate of drug-likeness (QED) is 0.299. The number of hydrogen-bond acceptors (Lipinski definition) is 5. The molecule has 2 rings (SSSR count). The van der Waals surface area contributed by atoms with Crippen molar-refractivity contribution in [1.29, 1.82) is 0 Å². The van der Waals surface area contributed by atoms with Crippen LogP contribution in [0.5, 0.6) is 0 Å². The summed E-state index contributed by atoms with van der Waals surface area (Å²) in [7, 11) is 1.25. The van der Waals surface area contributed by atoms with Crippen LogP contribution in [0.15, 0.2) is 12.2 Å². The lowest BCUT2D eigenvalue weighted by molar-refractivity contribution is -0.145. The highest BCUT2D eigenvalue weighted by Crippen LogP contribution is 2.45. The van der Waals surface area contributed by atoms with Gasteiger partial charge in [-0.15, -0.1) is 0 Å². The maximum atomic E-state index is 11.2. The molecule has 1 aliphatic heterocycles. The minimum atomic E-state index is -1.15. The first kappa shape index (κ1) is 8.68. The standard InChI is InChI=1S/C8H10O5/c1-12-7(11)8-3-2-4(9)5(10)6(8)13-8/h2-6,9-10H,1H3/t4-,5-,6-,8+/m0/s1. The van der Waals surface area contributed by atoms with Crippen LogP contribution in [0.3, 0.4) is 0 Å². The minimum absolute atomic E-state index is 0.542. The first-order valence-corrected chi connectivity index (χ1v) is 3.93. The molecule has 5 heteroatoms. The van der Waals surface area contributed by atoms with Gasteiger partial charge in [-0.05, 0) is 6.08 Å². The fraction of sp³-hybridized carbons (Fsp3) is 0.625. The van der Waals surface area contributed by atoms with Gasteiger partial charge in [-0.1, -0.05) is 6.08 Å². The Kier molecular flexibility index (Phi) is 1.69. The fourth-order valence-electron chi connectivity index (χ4n) is 1.56. The van der Waals surface area contributed by atoms with Crippen molar-refractivity contribution in [2.75, 3.05) is 7.11 Å². The molecule has 2 aliphatic rings. The Morgan fingerprint density at radius 3 is 2.92 bits per heavy atom. The monoisotopic (exact) mass is 186 g/mol. The molecule has 5 nitrogen and oxygen atoms in total. The van der Waals surface area contributed by atoms with Gasteiger partial charge in [-0.25, -0.2) is 4.79 Å². The lowest BCUT2D eigenvalue weighted by Gasteiger charge is -2.18. The van der Waals surface area contributed by atoms with E-state index in [1.54, 1.807) is 0 Å². The molecule has 0 aromatic carbocycles. The highest BCUT2D eigenvalue weighted by atomic mass is 16.7. The molecule has 1 heterocycles. The van der Waals surface area contributed by atoms with Crippen LogP contribution in [0.25, 0.3) is 0 Å². The van der Waals surface area contributed by atoms with Crippen LogP contribution in [-0.4, -0.2) is 47.2 Å². The smallest absolute Gasteiger partial charge is 0.345 e. The van der Waals surface area contributed by atoms with E-state index in [9.17, 15) is 15.0 Å². The summed E-state index contributed by atoms with van der Waals surface area (Å²) in [5, 5.41) is 18.5. The number of epoxide rings is 1. The Hall–Kier alpha value is -0.910. The maximum absolute atomic E-state index is 11.2. The van der Waals surface area contributed by atoms with Gasteiger partial charge in [0.25, 0.3) is 0 Å². The molecule has 0 amide bonds. The lowest BCUT2D eigenvalue weighted by atomic mass is 9.92. The van der Waals surface area contributed by atoms with Crippen LogP contribution < -0.4 is 0 Å². The fourth-order valence-corrected chi connectivity index (χ4v) is 1.56. The molecule has 72 valence electrons. The summed E-state index contributed by atoms with van der Waals surface area (Å²) >= 11 is 0. The number of methoxy groups -OCH3 is 1. The molecule has 2 N–H and O–H groups in total. The molecule has 0 bridgehead atoms. The number of esters is 1. The molecule has 1 saturated heterocycles. The third kappa shape index (κ3) is 1.01. The van der Waals surface area contributed by atoms with Crippen molar-refractivity contribution in [1.82, 2.24) is 0 Å². The normalized spacial score (nSPS) is 46.8. The Morgan fingerprint density at radius 2 is 2.31 bits per heavy atom. The highest BCUT2D eigenvalue weighted by Gasteiger charge is 2.67. The van der Waals surface area contributed by atoms with Crippen LogP contribution in [0.4, 0.5) is 0 Å². The Balaban J connectivity index is 2.23. The molecule has 0 unspecified atom stereocenters. The van der Waals surface area contributed by atoms with Crippen LogP contribution in [0, 0.1) is 0 Å². The van der Waals surface area contributed by atoms with Crippen LogP contribution in [0.2, 0.25) is 0 Å². The molecule has 0 aromatic rings. The van der Waals surface area contributed by atoms with E-state index in [1.165, 1.54) is 19.3 Å². The van der Waals surface area contributed by atoms with E-state index in [1.807, 2.05) is 0 Å². The summed E-state index contributed by atoms with van der Waals surface area (Å²) < 4.78 is 9.54.